The van der Waals surface area contributed by atoms with Gasteiger partial charge >= 0.3 is 0 Å². The molecular weight excluding hydrogens is 114 g/mol. The molecule has 2 rings (SSSR count). The second-order valence-corrected chi connectivity index (χ2v) is 1.72. The third-order valence-corrected chi connectivity index (χ3v) is 1.14. The summed E-state index contributed by atoms with van der Waals surface area (Å²) in [7, 11) is 0. The smallest absolute Gasteiger partial charge is 0.179 e. The van der Waals surface area contributed by atoms with Crippen LogP contribution in [0, 0.1) is 0 Å². The fourth-order valence-corrected chi connectivity index (χ4v) is 0.734. The van der Waals surface area contributed by atoms with Gasteiger partial charge < -0.3 is 0 Å². The van der Waals surface area contributed by atoms with Crippen LogP contribution in [0.5, 0.6) is 0 Å². The summed E-state index contributed by atoms with van der Waals surface area (Å²) in [4.78, 5) is 7.86. The van der Waals surface area contributed by atoms with Crippen LogP contribution in [0.2, 0.25) is 0 Å². The molecule has 1 aromatic rings. The Kier molecular flexibility index (Phi) is 0.773. The van der Waals surface area contributed by atoms with Gasteiger partial charge in [-0.1, -0.05) is 0 Å². The molecule has 0 saturated carbocycles. The molecular formula is C6H4N3. The fourth-order valence-electron chi connectivity index (χ4n) is 0.734. The number of rotatable bonds is 0. The maximum atomic E-state index is 3.97. The number of fused-ring (bicyclic) bond motifs is 1. The lowest BCUT2D eigenvalue weighted by Gasteiger charge is -1.89. The minimum absolute atomic E-state index is 0.720. The molecule has 0 unspecified atom stereocenters. The maximum Gasteiger partial charge on any atom is 0.179 e. The summed E-state index contributed by atoms with van der Waals surface area (Å²) in [6, 6.07) is 3.73. The monoisotopic (exact) mass is 118 g/mol. The lowest BCUT2D eigenvalue weighted by atomic mass is 10.4. The van der Waals surface area contributed by atoms with Crippen LogP contribution >= 0.6 is 0 Å². The van der Waals surface area contributed by atoms with Crippen molar-refractivity contribution in [3.8, 4) is 0 Å². The first kappa shape index (κ1) is 4.49. The summed E-state index contributed by atoms with van der Waals surface area (Å²) in [5.74, 6) is 0.720. The van der Waals surface area contributed by atoms with Crippen molar-refractivity contribution >= 4 is 17.8 Å². The molecule has 0 amide bonds. The number of nitrogens with zero attached hydrogens (tertiary/aromatic N) is 3. The van der Waals surface area contributed by atoms with E-state index in [0.29, 0.717) is 0 Å². The predicted octanol–water partition coefficient (Wildman–Crippen LogP) is 0.991. The van der Waals surface area contributed by atoms with Crippen molar-refractivity contribution in [2.24, 2.45) is 4.99 Å². The summed E-state index contributed by atoms with van der Waals surface area (Å²) in [6.07, 6.45) is 3.22. The van der Waals surface area contributed by atoms with Crippen LogP contribution in [-0.4, -0.2) is 11.3 Å². The highest BCUT2D eigenvalue weighted by molar-refractivity contribution is 5.78. The summed E-state index contributed by atoms with van der Waals surface area (Å²) in [6.45, 7) is 0. The van der Waals surface area contributed by atoms with E-state index in [1.165, 1.54) is 6.34 Å². The molecule has 0 bridgehead atoms. The van der Waals surface area contributed by atoms with Gasteiger partial charge in [-0.2, -0.15) is 0 Å². The molecule has 0 saturated heterocycles. The molecule has 9 heavy (non-hydrogen) atoms. The standard InChI is InChI=1S/C6H4N3/c1-2-5-6(7-3-1)9-4-8-5/h1-4H. The maximum absolute atomic E-state index is 3.97. The molecule has 0 aromatic carbocycles. The third-order valence-electron chi connectivity index (χ3n) is 1.14. The molecule has 1 aliphatic heterocycles. The predicted molar refractivity (Wildman–Crippen MR) is 34.2 cm³/mol. The highest BCUT2D eigenvalue weighted by atomic mass is 15.1. The largest absolute Gasteiger partial charge is 0.235 e. The summed E-state index contributed by atoms with van der Waals surface area (Å²) >= 11 is 0. The Balaban J connectivity index is 2.63. The van der Waals surface area contributed by atoms with Crippen LogP contribution in [0.1, 0.15) is 0 Å². The number of pyridine rings is 1. The first-order valence-corrected chi connectivity index (χ1v) is 2.65. The van der Waals surface area contributed by atoms with Crippen molar-refractivity contribution in [2.75, 3.05) is 0 Å². The van der Waals surface area contributed by atoms with E-state index in [4.69, 9.17) is 0 Å². The van der Waals surface area contributed by atoms with Crippen LogP contribution in [-0.2, 0) is 0 Å². The molecule has 0 atom stereocenters. The molecule has 0 aliphatic carbocycles. The van der Waals surface area contributed by atoms with Crippen molar-refractivity contribution in [3.63, 3.8) is 0 Å². The van der Waals surface area contributed by atoms with E-state index in [1.807, 2.05) is 12.1 Å². The van der Waals surface area contributed by atoms with E-state index in [0.717, 1.165) is 11.5 Å². The average Bonchev–Trinajstić information content (AvgIpc) is 2.33. The first-order valence-electron chi connectivity index (χ1n) is 2.65. The molecule has 0 fully saturated rings. The zero-order chi connectivity index (χ0) is 6.10. The van der Waals surface area contributed by atoms with E-state index in [2.05, 4.69) is 15.3 Å². The van der Waals surface area contributed by atoms with Crippen LogP contribution in [0.3, 0.4) is 0 Å². The summed E-state index contributed by atoms with van der Waals surface area (Å²) in [5.41, 5.74) is 0.859. The molecule has 2 heterocycles. The third kappa shape index (κ3) is 0.579. The normalized spacial score (nSPS) is 12.9. The average molecular weight is 118 g/mol. The Hall–Kier alpha value is -1.38. The number of hydrogen-bond donors (Lipinski definition) is 0. The molecule has 0 spiro atoms. The highest BCUT2D eigenvalue weighted by Crippen LogP contribution is 2.23. The second-order valence-electron chi connectivity index (χ2n) is 1.72. The van der Waals surface area contributed by atoms with Gasteiger partial charge in [0.15, 0.2) is 5.82 Å². The van der Waals surface area contributed by atoms with Gasteiger partial charge in [0.25, 0.3) is 0 Å². The first-order chi connectivity index (χ1) is 4.47. The lowest BCUT2D eigenvalue weighted by molar-refractivity contribution is 1.26. The topological polar surface area (TPSA) is 39.4 Å². The number of aromatic nitrogens is 1. The SMILES string of the molecule is C1=Nc2ncccc2[N]1. The Bertz CT molecular complexity index is 254. The number of hydrogen-bond acceptors (Lipinski definition) is 2. The molecule has 3 nitrogen and oxygen atoms in total. The Morgan fingerprint density at radius 2 is 2.33 bits per heavy atom. The Morgan fingerprint density at radius 3 is 3.22 bits per heavy atom. The quantitative estimate of drug-likeness (QED) is 0.500. The molecule has 1 radical (unpaired) electrons. The molecule has 1 aliphatic rings. The summed E-state index contributed by atoms with van der Waals surface area (Å²) in [5, 5.41) is 3.95. The molecule has 43 valence electrons. The number of aliphatic imine (C=N–C) groups is 1. The van der Waals surface area contributed by atoms with E-state index < -0.39 is 0 Å². The van der Waals surface area contributed by atoms with Crippen LogP contribution in [0.15, 0.2) is 23.3 Å². The van der Waals surface area contributed by atoms with Gasteiger partial charge in [-0.25, -0.2) is 15.3 Å². The van der Waals surface area contributed by atoms with Crippen molar-refractivity contribution in [1.82, 2.24) is 10.3 Å². The fraction of sp³-hybridized carbons (Fsp3) is 0. The van der Waals surface area contributed by atoms with Gasteiger partial charge in [-0.15, -0.1) is 0 Å². The van der Waals surface area contributed by atoms with Gasteiger partial charge in [0.2, 0.25) is 0 Å². The molecule has 3 heteroatoms. The molecule has 1 aromatic heterocycles. The van der Waals surface area contributed by atoms with Gasteiger partial charge in [0.05, 0.1) is 0 Å². The van der Waals surface area contributed by atoms with E-state index in [9.17, 15) is 0 Å². The van der Waals surface area contributed by atoms with Crippen molar-refractivity contribution in [3.05, 3.63) is 18.3 Å². The summed E-state index contributed by atoms with van der Waals surface area (Å²) < 4.78 is 0. The van der Waals surface area contributed by atoms with Crippen LogP contribution in [0.25, 0.3) is 0 Å². The second kappa shape index (κ2) is 1.55. The van der Waals surface area contributed by atoms with E-state index in [-0.39, 0.29) is 0 Å². The van der Waals surface area contributed by atoms with E-state index in [1.54, 1.807) is 6.20 Å². The van der Waals surface area contributed by atoms with Gasteiger partial charge in [0.1, 0.15) is 12.0 Å². The minimum atomic E-state index is 0.720. The molecule has 0 N–H and O–H groups in total. The van der Waals surface area contributed by atoms with Crippen LogP contribution < -0.4 is 5.32 Å². The van der Waals surface area contributed by atoms with Crippen molar-refractivity contribution in [2.45, 2.75) is 0 Å². The van der Waals surface area contributed by atoms with Gasteiger partial charge in [0, 0.05) is 6.20 Å². The minimum Gasteiger partial charge on any atom is -0.235 e. The highest BCUT2D eigenvalue weighted by Gasteiger charge is 2.04. The van der Waals surface area contributed by atoms with Gasteiger partial charge in [-0.05, 0) is 12.1 Å². The Labute approximate surface area is 52.5 Å². The lowest BCUT2D eigenvalue weighted by Crippen LogP contribution is -1.84. The van der Waals surface area contributed by atoms with Crippen molar-refractivity contribution in [1.29, 1.82) is 0 Å². The Morgan fingerprint density at radius 1 is 1.33 bits per heavy atom. The van der Waals surface area contributed by atoms with Gasteiger partial charge in [-0.3, -0.25) is 0 Å². The zero-order valence-corrected chi connectivity index (χ0v) is 4.65. The zero-order valence-electron chi connectivity index (χ0n) is 4.65. The van der Waals surface area contributed by atoms with Crippen LogP contribution in [0.4, 0.5) is 11.5 Å². The van der Waals surface area contributed by atoms with E-state index >= 15 is 0 Å². The van der Waals surface area contributed by atoms with Crippen molar-refractivity contribution < 1.29 is 0 Å².